The maximum absolute atomic E-state index is 13.6. The van der Waals surface area contributed by atoms with Crippen molar-refractivity contribution in [2.45, 2.75) is 44.2 Å². The van der Waals surface area contributed by atoms with Crippen molar-refractivity contribution < 1.29 is 18.8 Å². The second kappa shape index (κ2) is 13.4. The minimum Gasteiger partial charge on any atom is -0.370 e. The summed E-state index contributed by atoms with van der Waals surface area (Å²) in [5.41, 5.74) is 12.4. The third-order valence-corrected chi connectivity index (χ3v) is 5.47. The minimum absolute atomic E-state index is 0.0571. The summed E-state index contributed by atoms with van der Waals surface area (Å²) in [5, 5.41) is 9.49. The second-order valence-electron chi connectivity index (χ2n) is 7.74. The Morgan fingerprint density at radius 2 is 1.85 bits per heavy atom. The Morgan fingerprint density at radius 3 is 2.47 bits per heavy atom. The molecule has 6 N–H and O–H groups in total. The molecule has 0 saturated carbocycles. The fourth-order valence-corrected chi connectivity index (χ4v) is 3.58. The van der Waals surface area contributed by atoms with E-state index in [-0.39, 0.29) is 29.5 Å². The Balaban J connectivity index is 2.18. The van der Waals surface area contributed by atoms with Gasteiger partial charge in [0.15, 0.2) is 5.96 Å². The van der Waals surface area contributed by atoms with E-state index in [2.05, 4.69) is 5.32 Å². The number of benzene rings is 2. The zero-order chi connectivity index (χ0) is 25.1. The topological polar surface area (TPSA) is 142 Å². The van der Waals surface area contributed by atoms with E-state index in [9.17, 15) is 18.8 Å². The molecule has 2 amide bonds. The van der Waals surface area contributed by atoms with E-state index < -0.39 is 29.7 Å². The van der Waals surface area contributed by atoms with Crippen molar-refractivity contribution in [2.75, 3.05) is 6.54 Å². The molecule has 2 rings (SSSR count). The summed E-state index contributed by atoms with van der Waals surface area (Å²) in [6.45, 7) is 0.259. The van der Waals surface area contributed by atoms with Crippen molar-refractivity contribution in [1.82, 2.24) is 10.2 Å². The first-order chi connectivity index (χ1) is 16.2. The molecule has 0 saturated heterocycles. The summed E-state index contributed by atoms with van der Waals surface area (Å²) in [7, 11) is 0. The van der Waals surface area contributed by atoms with E-state index in [1.165, 1.54) is 6.07 Å². The molecule has 0 fully saturated rings. The first kappa shape index (κ1) is 26.9. The van der Waals surface area contributed by atoms with Crippen LogP contribution >= 0.6 is 11.6 Å². The van der Waals surface area contributed by atoms with Crippen molar-refractivity contribution in [2.24, 2.45) is 11.5 Å². The summed E-state index contributed by atoms with van der Waals surface area (Å²) in [6.07, 6.45) is 3.73. The highest BCUT2D eigenvalue weighted by atomic mass is 35.5. The third kappa shape index (κ3) is 7.93. The summed E-state index contributed by atoms with van der Waals surface area (Å²) in [5.74, 6) is -2.51. The number of amides is 2. The molecule has 2 aromatic rings. The highest BCUT2D eigenvalue weighted by Gasteiger charge is 2.34. The highest BCUT2D eigenvalue weighted by Crippen LogP contribution is 2.20. The maximum atomic E-state index is 13.6. The quantitative estimate of drug-likeness (QED) is 0.205. The fraction of sp³-hybridized carbons (Fsp3) is 0.333. The number of imide groups is 1. The van der Waals surface area contributed by atoms with Crippen LogP contribution in [0, 0.1) is 11.2 Å². The fourth-order valence-electron chi connectivity index (χ4n) is 3.40. The second-order valence-corrected chi connectivity index (χ2v) is 8.15. The standard InChI is InChI=1S/C24H28ClFN5O3/c25-19-14-17(11-12-20(19)26)22(33)31(18(15-32)9-5-13-30-24(28)29)23(34)21(27)10-4-8-16-6-2-1-3-7-16/h1-3,6-7,11-12,14,18,21H,4-5,8-10,13,27H2,(H4,28,29,30)/t18-,21+/m0/s1. The Labute approximate surface area is 202 Å². The van der Waals surface area contributed by atoms with Gasteiger partial charge in [0, 0.05) is 12.1 Å². The van der Waals surface area contributed by atoms with Gasteiger partial charge < -0.3 is 16.8 Å². The summed E-state index contributed by atoms with van der Waals surface area (Å²) in [6, 6.07) is 10.7. The molecule has 1 radical (unpaired) electrons. The average Bonchev–Trinajstić information content (AvgIpc) is 2.82. The Morgan fingerprint density at radius 1 is 1.15 bits per heavy atom. The Hall–Kier alpha value is -3.30. The maximum Gasteiger partial charge on any atom is 0.261 e. The van der Waals surface area contributed by atoms with Crippen LogP contribution in [0.3, 0.4) is 0 Å². The average molecular weight is 489 g/mol. The molecular weight excluding hydrogens is 461 g/mol. The monoisotopic (exact) mass is 488 g/mol. The molecular formula is C24H28ClFN5O3. The van der Waals surface area contributed by atoms with Crippen LogP contribution in [0.25, 0.3) is 0 Å². The van der Waals surface area contributed by atoms with Gasteiger partial charge in [-0.05, 0) is 55.9 Å². The van der Waals surface area contributed by atoms with Crippen LogP contribution in [0.2, 0.25) is 5.02 Å². The molecule has 181 valence electrons. The van der Waals surface area contributed by atoms with Gasteiger partial charge in [-0.15, -0.1) is 0 Å². The molecule has 0 aliphatic heterocycles. The van der Waals surface area contributed by atoms with Gasteiger partial charge in [-0.1, -0.05) is 41.9 Å². The predicted octanol–water partition coefficient (Wildman–Crippen LogP) is 2.54. The lowest BCUT2D eigenvalue weighted by Crippen LogP contribution is -2.52. The van der Waals surface area contributed by atoms with Crippen molar-refractivity contribution >= 4 is 35.7 Å². The van der Waals surface area contributed by atoms with Gasteiger partial charge in [0.25, 0.3) is 5.91 Å². The molecule has 0 heterocycles. The molecule has 0 unspecified atom stereocenters. The number of hydrogen-bond donors (Lipinski definition) is 4. The molecule has 0 spiro atoms. The number of aryl methyl sites for hydroxylation is 1. The number of carbonyl (C=O) groups excluding carboxylic acids is 3. The van der Waals surface area contributed by atoms with E-state index in [4.69, 9.17) is 28.5 Å². The van der Waals surface area contributed by atoms with Crippen LogP contribution in [-0.4, -0.2) is 47.6 Å². The van der Waals surface area contributed by atoms with E-state index in [1.54, 1.807) is 6.29 Å². The number of nitrogens with zero attached hydrogens (tertiary/aromatic N) is 1. The summed E-state index contributed by atoms with van der Waals surface area (Å²) in [4.78, 5) is 39.0. The summed E-state index contributed by atoms with van der Waals surface area (Å²) >= 11 is 5.80. The SMILES string of the molecule is N=C(N)NCCC[C@@H]([C]=O)N(C(=O)c1ccc(F)c(Cl)c1)C(=O)[C@H](N)CCCc1ccccc1. The van der Waals surface area contributed by atoms with Gasteiger partial charge in [0.05, 0.1) is 11.1 Å². The number of halogens is 2. The number of carbonyl (C=O) groups is 2. The van der Waals surface area contributed by atoms with Crippen LogP contribution in [0.4, 0.5) is 4.39 Å². The van der Waals surface area contributed by atoms with Gasteiger partial charge in [-0.2, -0.15) is 0 Å². The van der Waals surface area contributed by atoms with Crippen LogP contribution in [-0.2, 0) is 16.0 Å². The van der Waals surface area contributed by atoms with Crippen molar-refractivity contribution in [3.05, 3.63) is 70.5 Å². The molecule has 0 aromatic heterocycles. The zero-order valence-electron chi connectivity index (χ0n) is 18.6. The molecule has 8 nitrogen and oxygen atoms in total. The van der Waals surface area contributed by atoms with Crippen LogP contribution in [0.1, 0.15) is 41.6 Å². The molecule has 0 bridgehead atoms. The van der Waals surface area contributed by atoms with Crippen LogP contribution < -0.4 is 16.8 Å². The van der Waals surface area contributed by atoms with Crippen molar-refractivity contribution in [3.8, 4) is 0 Å². The first-order valence-corrected chi connectivity index (χ1v) is 11.2. The van der Waals surface area contributed by atoms with Crippen LogP contribution in [0.15, 0.2) is 48.5 Å². The van der Waals surface area contributed by atoms with E-state index in [0.29, 0.717) is 25.7 Å². The first-order valence-electron chi connectivity index (χ1n) is 10.8. The van der Waals surface area contributed by atoms with Gasteiger partial charge in [-0.3, -0.25) is 24.7 Å². The minimum atomic E-state index is -1.22. The molecule has 0 aliphatic rings. The molecule has 10 heteroatoms. The van der Waals surface area contributed by atoms with E-state index in [1.807, 2.05) is 30.3 Å². The van der Waals surface area contributed by atoms with Crippen LogP contribution in [0.5, 0.6) is 0 Å². The van der Waals surface area contributed by atoms with E-state index >= 15 is 0 Å². The van der Waals surface area contributed by atoms with Crippen molar-refractivity contribution in [1.29, 1.82) is 5.41 Å². The third-order valence-electron chi connectivity index (χ3n) is 5.18. The largest absolute Gasteiger partial charge is 0.370 e. The number of nitrogens with two attached hydrogens (primary N) is 2. The van der Waals surface area contributed by atoms with Gasteiger partial charge >= 0.3 is 0 Å². The molecule has 0 aliphatic carbocycles. The number of nitrogens with one attached hydrogen (secondary N) is 2. The van der Waals surface area contributed by atoms with Crippen molar-refractivity contribution in [3.63, 3.8) is 0 Å². The Bertz CT molecular complexity index is 1010. The van der Waals surface area contributed by atoms with Gasteiger partial charge in [-0.25, -0.2) is 4.39 Å². The predicted molar refractivity (Wildman–Crippen MR) is 129 cm³/mol. The smallest absolute Gasteiger partial charge is 0.261 e. The number of guanidine groups is 1. The molecule has 2 atom stereocenters. The normalized spacial score (nSPS) is 12.4. The lowest BCUT2D eigenvalue weighted by Gasteiger charge is -2.28. The van der Waals surface area contributed by atoms with Gasteiger partial charge in [0.2, 0.25) is 12.2 Å². The Kier molecular flexibility index (Phi) is 10.6. The lowest BCUT2D eigenvalue weighted by molar-refractivity contribution is -0.131. The number of rotatable bonds is 12. The highest BCUT2D eigenvalue weighted by molar-refractivity contribution is 6.31. The molecule has 34 heavy (non-hydrogen) atoms. The van der Waals surface area contributed by atoms with E-state index in [0.717, 1.165) is 22.6 Å². The number of hydrogen-bond acceptors (Lipinski definition) is 5. The lowest BCUT2D eigenvalue weighted by atomic mass is 10.0. The molecule has 2 aromatic carbocycles. The zero-order valence-corrected chi connectivity index (χ0v) is 19.4. The van der Waals surface area contributed by atoms with Gasteiger partial charge in [0.1, 0.15) is 11.9 Å². The summed E-state index contributed by atoms with van der Waals surface area (Å²) < 4.78 is 13.6.